The fourth-order valence-electron chi connectivity index (χ4n) is 3.45. The Balaban J connectivity index is 2.10. The van der Waals surface area contributed by atoms with Crippen molar-refractivity contribution in [3.8, 4) is 22.6 Å². The molecule has 27 heavy (non-hydrogen) atoms. The molecule has 0 aliphatic rings. The van der Waals surface area contributed by atoms with Gasteiger partial charge in [0.15, 0.2) is 13.6 Å². The highest BCUT2D eigenvalue weighted by atomic mass is 16.7. The maximum Gasteiger partial charge on any atom is 0.188 e. The summed E-state index contributed by atoms with van der Waals surface area (Å²) >= 11 is 0. The monoisotopic (exact) mass is 360 g/mol. The second kappa shape index (κ2) is 7.66. The van der Waals surface area contributed by atoms with Crippen LogP contribution in [0.25, 0.3) is 32.7 Å². The van der Waals surface area contributed by atoms with Gasteiger partial charge in [0.05, 0.1) is 0 Å². The van der Waals surface area contributed by atoms with Crippen molar-refractivity contribution in [3.05, 3.63) is 72.8 Å². The van der Waals surface area contributed by atoms with Gasteiger partial charge in [-0.05, 0) is 33.7 Å². The largest absolute Gasteiger partial charge is 0.467 e. The van der Waals surface area contributed by atoms with Gasteiger partial charge in [-0.25, -0.2) is 0 Å². The summed E-state index contributed by atoms with van der Waals surface area (Å²) in [5, 5.41) is 13.7. The number of rotatable bonds is 6. The highest BCUT2D eigenvalue weighted by molar-refractivity contribution is 6.09. The minimum atomic E-state index is -0.398. The van der Waals surface area contributed by atoms with E-state index < -0.39 is 6.79 Å². The van der Waals surface area contributed by atoms with Gasteiger partial charge in [-0.3, -0.25) is 0 Å². The van der Waals surface area contributed by atoms with Crippen molar-refractivity contribution in [1.29, 1.82) is 0 Å². The van der Waals surface area contributed by atoms with Gasteiger partial charge < -0.3 is 19.3 Å². The fourth-order valence-corrected chi connectivity index (χ4v) is 3.45. The van der Waals surface area contributed by atoms with Gasteiger partial charge in [0.2, 0.25) is 0 Å². The van der Waals surface area contributed by atoms with E-state index in [2.05, 4.69) is 24.3 Å². The summed E-state index contributed by atoms with van der Waals surface area (Å²) in [6, 6.07) is 24.1. The molecule has 0 atom stereocenters. The first kappa shape index (κ1) is 17.3. The van der Waals surface area contributed by atoms with E-state index in [1.165, 1.54) is 0 Å². The molecule has 0 saturated heterocycles. The van der Waals surface area contributed by atoms with Crippen LogP contribution in [0.3, 0.4) is 0 Å². The molecule has 0 bridgehead atoms. The van der Waals surface area contributed by atoms with Crippen molar-refractivity contribution in [2.24, 2.45) is 0 Å². The van der Waals surface area contributed by atoms with Crippen LogP contribution in [0.15, 0.2) is 72.8 Å². The Hall–Kier alpha value is -3.08. The topological polar surface area (TPSA) is 47.9 Å². The molecule has 0 aliphatic heterocycles. The van der Waals surface area contributed by atoms with Crippen molar-refractivity contribution in [2.75, 3.05) is 20.7 Å². The van der Waals surface area contributed by atoms with Gasteiger partial charge >= 0.3 is 0 Å². The zero-order valence-electron chi connectivity index (χ0n) is 15.0. The van der Waals surface area contributed by atoms with E-state index in [-0.39, 0.29) is 6.79 Å². The molecule has 0 fully saturated rings. The van der Waals surface area contributed by atoms with Gasteiger partial charge in [-0.2, -0.15) is 0 Å². The molecule has 0 spiro atoms. The first-order chi connectivity index (χ1) is 13.3. The second-order valence-electron chi connectivity index (χ2n) is 6.14. The number of methoxy groups -OCH3 is 1. The average molecular weight is 360 g/mol. The molecule has 4 aromatic rings. The molecule has 0 amide bonds. The van der Waals surface area contributed by atoms with Gasteiger partial charge in [-0.15, -0.1) is 0 Å². The van der Waals surface area contributed by atoms with Gasteiger partial charge in [0, 0.05) is 18.2 Å². The summed E-state index contributed by atoms with van der Waals surface area (Å²) < 4.78 is 16.6. The van der Waals surface area contributed by atoms with Crippen LogP contribution in [0.5, 0.6) is 11.5 Å². The smallest absolute Gasteiger partial charge is 0.188 e. The number of hydrogen-bond acceptors (Lipinski definition) is 4. The minimum Gasteiger partial charge on any atom is -0.467 e. The molecule has 0 unspecified atom stereocenters. The Labute approximate surface area is 157 Å². The molecule has 4 heteroatoms. The molecule has 136 valence electrons. The van der Waals surface area contributed by atoms with Crippen molar-refractivity contribution in [2.45, 2.75) is 0 Å². The molecule has 4 nitrogen and oxygen atoms in total. The third kappa shape index (κ3) is 3.21. The van der Waals surface area contributed by atoms with Crippen LogP contribution >= 0.6 is 0 Å². The van der Waals surface area contributed by atoms with Gasteiger partial charge in [0.1, 0.15) is 11.5 Å². The van der Waals surface area contributed by atoms with E-state index in [4.69, 9.17) is 14.2 Å². The van der Waals surface area contributed by atoms with Crippen LogP contribution in [0.2, 0.25) is 0 Å². The van der Waals surface area contributed by atoms with Crippen LogP contribution in [-0.2, 0) is 4.74 Å². The maximum atomic E-state index is 9.41. The lowest BCUT2D eigenvalue weighted by Gasteiger charge is -2.19. The third-order valence-electron chi connectivity index (χ3n) is 4.58. The number of aliphatic hydroxyl groups is 1. The molecule has 4 rings (SSSR count). The van der Waals surface area contributed by atoms with E-state index >= 15 is 0 Å². The summed E-state index contributed by atoms with van der Waals surface area (Å²) in [5.41, 5.74) is 1.82. The standard InChI is InChI=1S/C23H20O4/c1-25-15-27-21-13-11-17-7-3-5-9-19(17)23(21)22-18-8-4-2-6-16(18)10-12-20(22)26-14-24/h2-13,24H,14-15H2,1H3. The molecule has 0 aromatic heterocycles. The normalized spacial score (nSPS) is 11.0. The molecule has 0 aliphatic carbocycles. The average Bonchev–Trinajstić information content (AvgIpc) is 2.72. The van der Waals surface area contributed by atoms with Crippen molar-refractivity contribution in [1.82, 2.24) is 0 Å². The van der Waals surface area contributed by atoms with Crippen LogP contribution in [0.1, 0.15) is 0 Å². The van der Waals surface area contributed by atoms with Gasteiger partial charge in [-0.1, -0.05) is 60.7 Å². The van der Waals surface area contributed by atoms with E-state index in [1.807, 2.05) is 48.5 Å². The first-order valence-electron chi connectivity index (χ1n) is 8.72. The maximum absolute atomic E-state index is 9.41. The molecular formula is C23H20O4. The molecule has 4 aromatic carbocycles. The lowest BCUT2D eigenvalue weighted by molar-refractivity contribution is 0.0516. The highest BCUT2D eigenvalue weighted by Gasteiger charge is 2.18. The Morgan fingerprint density at radius 3 is 1.70 bits per heavy atom. The Kier molecular flexibility index (Phi) is 4.92. The molecule has 0 saturated carbocycles. The number of fused-ring (bicyclic) bond motifs is 2. The lowest BCUT2D eigenvalue weighted by atomic mass is 9.92. The summed E-state index contributed by atoms with van der Waals surface area (Å²) in [5.74, 6) is 1.31. The lowest BCUT2D eigenvalue weighted by Crippen LogP contribution is -2.02. The van der Waals surface area contributed by atoms with E-state index in [0.29, 0.717) is 11.5 Å². The fraction of sp³-hybridized carbons (Fsp3) is 0.130. The summed E-state index contributed by atoms with van der Waals surface area (Å²) in [7, 11) is 1.60. The quantitative estimate of drug-likeness (QED) is 0.493. The number of hydrogen-bond donors (Lipinski definition) is 1. The molecule has 0 radical (unpaired) electrons. The number of aliphatic hydroxyl groups excluding tert-OH is 1. The summed E-state index contributed by atoms with van der Waals surface area (Å²) in [4.78, 5) is 0. The van der Waals surface area contributed by atoms with Crippen LogP contribution in [-0.4, -0.2) is 25.8 Å². The third-order valence-corrected chi connectivity index (χ3v) is 4.58. The predicted molar refractivity (Wildman–Crippen MR) is 107 cm³/mol. The molecule has 1 N–H and O–H groups in total. The zero-order chi connectivity index (χ0) is 18.6. The van der Waals surface area contributed by atoms with Crippen LogP contribution in [0, 0.1) is 0 Å². The number of ether oxygens (including phenoxy) is 3. The highest BCUT2D eigenvalue weighted by Crippen LogP contribution is 2.45. The summed E-state index contributed by atoms with van der Waals surface area (Å²) in [6.07, 6.45) is 0. The van der Waals surface area contributed by atoms with E-state index in [1.54, 1.807) is 7.11 Å². The predicted octanol–water partition coefficient (Wildman–Crippen LogP) is 4.97. The SMILES string of the molecule is COCOc1ccc2ccccc2c1-c1c(OCO)ccc2ccccc12. The zero-order valence-corrected chi connectivity index (χ0v) is 15.0. The Morgan fingerprint density at radius 1 is 0.667 bits per heavy atom. The van der Waals surface area contributed by atoms with Crippen LogP contribution < -0.4 is 9.47 Å². The number of benzene rings is 4. The van der Waals surface area contributed by atoms with E-state index in [0.717, 1.165) is 32.7 Å². The minimum absolute atomic E-state index is 0.145. The first-order valence-corrected chi connectivity index (χ1v) is 8.72. The Morgan fingerprint density at radius 2 is 1.19 bits per heavy atom. The van der Waals surface area contributed by atoms with Gasteiger partial charge in [0.25, 0.3) is 0 Å². The van der Waals surface area contributed by atoms with E-state index in [9.17, 15) is 5.11 Å². The Bertz CT molecular complexity index is 1090. The summed E-state index contributed by atoms with van der Waals surface area (Å²) in [6.45, 7) is -0.253. The van der Waals surface area contributed by atoms with Crippen LogP contribution in [0.4, 0.5) is 0 Å². The van der Waals surface area contributed by atoms with Crippen molar-refractivity contribution >= 4 is 21.5 Å². The van der Waals surface area contributed by atoms with Crippen molar-refractivity contribution in [3.63, 3.8) is 0 Å². The molecular weight excluding hydrogens is 340 g/mol. The second-order valence-corrected chi connectivity index (χ2v) is 6.14. The van der Waals surface area contributed by atoms with Crippen molar-refractivity contribution < 1.29 is 19.3 Å². The molecule has 0 heterocycles.